The van der Waals surface area contributed by atoms with Gasteiger partial charge >= 0.3 is 0 Å². The normalized spacial score (nSPS) is 11.3. The molecule has 0 radical (unpaired) electrons. The Kier molecular flexibility index (Phi) is 4.98. The number of hydrogen-bond donors (Lipinski definition) is 1. The highest BCUT2D eigenvalue weighted by atomic mass is 32.2. The van der Waals surface area contributed by atoms with Gasteiger partial charge in [-0.3, -0.25) is 0 Å². The first kappa shape index (κ1) is 15.5. The molecule has 112 valence electrons. The van der Waals surface area contributed by atoms with Gasteiger partial charge in [0, 0.05) is 12.1 Å². The highest BCUT2D eigenvalue weighted by Crippen LogP contribution is 2.19. The summed E-state index contributed by atoms with van der Waals surface area (Å²) in [6.07, 6.45) is 0. The monoisotopic (exact) mass is 305 g/mol. The van der Waals surface area contributed by atoms with E-state index < -0.39 is 10.0 Å². The molecule has 2 aromatic rings. The molecule has 0 amide bonds. The molecule has 0 atom stereocenters. The summed E-state index contributed by atoms with van der Waals surface area (Å²) >= 11 is 0. The van der Waals surface area contributed by atoms with Gasteiger partial charge in [-0.05, 0) is 18.6 Å². The molecule has 0 heterocycles. The van der Waals surface area contributed by atoms with Gasteiger partial charge in [-0.1, -0.05) is 48.0 Å². The Morgan fingerprint density at radius 3 is 2.48 bits per heavy atom. The van der Waals surface area contributed by atoms with E-state index in [9.17, 15) is 8.42 Å². The third kappa shape index (κ3) is 4.58. The molecule has 0 aromatic heterocycles. The van der Waals surface area contributed by atoms with Crippen LogP contribution >= 0.6 is 0 Å². The van der Waals surface area contributed by atoms with Crippen LogP contribution < -0.4 is 9.46 Å². The Morgan fingerprint density at radius 2 is 1.81 bits per heavy atom. The van der Waals surface area contributed by atoms with E-state index in [1.807, 2.05) is 43.3 Å². The van der Waals surface area contributed by atoms with Crippen LogP contribution in [0, 0.1) is 6.92 Å². The maximum Gasteiger partial charge on any atom is 0.216 e. The Morgan fingerprint density at radius 1 is 1.10 bits per heavy atom. The van der Waals surface area contributed by atoms with Crippen molar-refractivity contribution in [1.82, 2.24) is 4.72 Å². The number of rotatable bonds is 6. The third-order valence-electron chi connectivity index (χ3n) is 3.12. The Balaban J connectivity index is 2.07. The first-order valence-corrected chi connectivity index (χ1v) is 8.30. The largest absolute Gasteiger partial charge is 0.496 e. The molecule has 0 aliphatic rings. The average Bonchev–Trinajstić information content (AvgIpc) is 2.46. The van der Waals surface area contributed by atoms with Gasteiger partial charge < -0.3 is 4.74 Å². The predicted octanol–water partition coefficient (Wildman–Crippen LogP) is 2.62. The zero-order valence-electron chi connectivity index (χ0n) is 12.2. The number of hydrogen-bond acceptors (Lipinski definition) is 3. The van der Waals surface area contributed by atoms with Crippen molar-refractivity contribution in [2.75, 3.05) is 7.11 Å². The lowest BCUT2D eigenvalue weighted by Crippen LogP contribution is -2.25. The second kappa shape index (κ2) is 6.74. The average molecular weight is 305 g/mol. The summed E-state index contributed by atoms with van der Waals surface area (Å²) in [6, 6.07) is 14.8. The van der Waals surface area contributed by atoms with E-state index in [-0.39, 0.29) is 12.3 Å². The minimum atomic E-state index is -3.38. The van der Waals surface area contributed by atoms with Gasteiger partial charge in [-0.2, -0.15) is 0 Å². The van der Waals surface area contributed by atoms with Crippen molar-refractivity contribution in [3.8, 4) is 5.75 Å². The van der Waals surface area contributed by atoms with E-state index in [0.29, 0.717) is 5.75 Å². The minimum Gasteiger partial charge on any atom is -0.496 e. The second-order valence-electron chi connectivity index (χ2n) is 4.88. The number of methoxy groups -OCH3 is 1. The van der Waals surface area contributed by atoms with Crippen molar-refractivity contribution in [3.63, 3.8) is 0 Å². The lowest BCUT2D eigenvalue weighted by molar-refractivity contribution is 0.409. The molecule has 4 nitrogen and oxygen atoms in total. The molecular weight excluding hydrogens is 286 g/mol. The van der Waals surface area contributed by atoms with Crippen molar-refractivity contribution >= 4 is 10.0 Å². The molecule has 21 heavy (non-hydrogen) atoms. The van der Waals surface area contributed by atoms with Crippen LogP contribution in [0.2, 0.25) is 0 Å². The standard InChI is InChI=1S/C16H19NO3S/c1-13-8-9-16(20-2)15(10-13)11-17-21(18,19)12-14-6-4-3-5-7-14/h3-10,17H,11-12H2,1-2H3. The summed E-state index contributed by atoms with van der Waals surface area (Å²) in [4.78, 5) is 0. The lowest BCUT2D eigenvalue weighted by Gasteiger charge is -2.11. The predicted molar refractivity (Wildman–Crippen MR) is 83.6 cm³/mol. The van der Waals surface area contributed by atoms with Gasteiger partial charge in [-0.25, -0.2) is 13.1 Å². The zero-order valence-corrected chi connectivity index (χ0v) is 13.0. The third-order valence-corrected chi connectivity index (χ3v) is 4.42. The summed E-state index contributed by atoms with van der Waals surface area (Å²) < 4.78 is 32.1. The van der Waals surface area contributed by atoms with Gasteiger partial charge in [0.1, 0.15) is 5.75 Å². The van der Waals surface area contributed by atoms with Gasteiger partial charge in [0.05, 0.1) is 12.9 Å². The highest BCUT2D eigenvalue weighted by Gasteiger charge is 2.12. The van der Waals surface area contributed by atoms with Crippen molar-refractivity contribution in [3.05, 3.63) is 65.2 Å². The van der Waals surface area contributed by atoms with Crippen LogP contribution in [-0.4, -0.2) is 15.5 Å². The van der Waals surface area contributed by atoms with E-state index in [0.717, 1.165) is 16.7 Å². The van der Waals surface area contributed by atoms with E-state index in [1.165, 1.54) is 0 Å². The second-order valence-corrected chi connectivity index (χ2v) is 6.69. The van der Waals surface area contributed by atoms with Crippen LogP contribution in [0.25, 0.3) is 0 Å². The number of aryl methyl sites for hydroxylation is 1. The van der Waals surface area contributed by atoms with Crippen molar-refractivity contribution in [1.29, 1.82) is 0 Å². The van der Waals surface area contributed by atoms with Crippen LogP contribution in [0.5, 0.6) is 5.75 Å². The topological polar surface area (TPSA) is 55.4 Å². The van der Waals surface area contributed by atoms with Gasteiger partial charge in [0.15, 0.2) is 0 Å². The molecule has 2 rings (SSSR count). The number of benzene rings is 2. The van der Waals surface area contributed by atoms with E-state index in [4.69, 9.17) is 4.74 Å². The molecule has 0 bridgehead atoms. The molecule has 0 fully saturated rings. The zero-order chi connectivity index (χ0) is 15.3. The quantitative estimate of drug-likeness (QED) is 0.892. The van der Waals surface area contributed by atoms with Crippen LogP contribution in [0.4, 0.5) is 0 Å². The Bertz CT molecular complexity index is 697. The number of sulfonamides is 1. The molecule has 0 saturated carbocycles. The summed E-state index contributed by atoms with van der Waals surface area (Å²) in [5.74, 6) is 0.658. The summed E-state index contributed by atoms with van der Waals surface area (Å²) in [7, 11) is -1.80. The van der Waals surface area contributed by atoms with E-state index in [1.54, 1.807) is 19.2 Å². The molecule has 1 N–H and O–H groups in total. The Labute approximate surface area is 125 Å². The van der Waals surface area contributed by atoms with Crippen LogP contribution in [-0.2, 0) is 22.3 Å². The molecule has 0 spiro atoms. The molecule has 0 unspecified atom stereocenters. The van der Waals surface area contributed by atoms with Crippen molar-refractivity contribution in [2.24, 2.45) is 0 Å². The molecule has 2 aromatic carbocycles. The van der Waals surface area contributed by atoms with Crippen LogP contribution in [0.15, 0.2) is 48.5 Å². The number of ether oxygens (including phenoxy) is 1. The maximum atomic E-state index is 12.1. The first-order chi connectivity index (χ1) is 10.00. The smallest absolute Gasteiger partial charge is 0.216 e. The number of nitrogens with one attached hydrogen (secondary N) is 1. The summed E-state index contributed by atoms with van der Waals surface area (Å²) in [5.41, 5.74) is 2.66. The first-order valence-electron chi connectivity index (χ1n) is 6.65. The maximum absolute atomic E-state index is 12.1. The molecule has 0 saturated heterocycles. The molecule has 5 heteroatoms. The SMILES string of the molecule is COc1ccc(C)cc1CNS(=O)(=O)Cc1ccccc1. The van der Waals surface area contributed by atoms with Crippen molar-refractivity contribution < 1.29 is 13.2 Å². The van der Waals surface area contributed by atoms with Gasteiger partial charge in [0.2, 0.25) is 10.0 Å². The van der Waals surface area contributed by atoms with Crippen LogP contribution in [0.1, 0.15) is 16.7 Å². The fourth-order valence-corrected chi connectivity index (χ4v) is 3.19. The molecular formula is C16H19NO3S. The summed E-state index contributed by atoms with van der Waals surface area (Å²) in [6.45, 7) is 2.18. The highest BCUT2D eigenvalue weighted by molar-refractivity contribution is 7.88. The van der Waals surface area contributed by atoms with E-state index in [2.05, 4.69) is 4.72 Å². The molecule has 0 aliphatic carbocycles. The van der Waals surface area contributed by atoms with E-state index >= 15 is 0 Å². The molecule has 0 aliphatic heterocycles. The van der Waals surface area contributed by atoms with Gasteiger partial charge in [0.25, 0.3) is 0 Å². The summed E-state index contributed by atoms with van der Waals surface area (Å²) in [5, 5.41) is 0. The minimum absolute atomic E-state index is 0.0258. The lowest BCUT2D eigenvalue weighted by atomic mass is 10.1. The fraction of sp³-hybridized carbons (Fsp3) is 0.250. The Hall–Kier alpha value is -1.85. The van der Waals surface area contributed by atoms with Crippen LogP contribution in [0.3, 0.4) is 0 Å². The van der Waals surface area contributed by atoms with Gasteiger partial charge in [-0.15, -0.1) is 0 Å². The fourth-order valence-electron chi connectivity index (χ4n) is 2.08. The van der Waals surface area contributed by atoms with Crippen molar-refractivity contribution in [2.45, 2.75) is 19.2 Å².